The fourth-order valence-corrected chi connectivity index (χ4v) is 1.70. The van der Waals surface area contributed by atoms with E-state index in [1.54, 1.807) is 18.2 Å². The first kappa shape index (κ1) is 14.8. The summed E-state index contributed by atoms with van der Waals surface area (Å²) in [5, 5.41) is 12.4. The van der Waals surface area contributed by atoms with Crippen LogP contribution in [0.4, 0.5) is 0 Å². The highest BCUT2D eigenvalue weighted by atomic mass is 35.5. The lowest BCUT2D eigenvalue weighted by Crippen LogP contribution is -2.41. The van der Waals surface area contributed by atoms with Gasteiger partial charge in [0.05, 0.1) is 25.3 Å². The van der Waals surface area contributed by atoms with Crippen LogP contribution in [0.3, 0.4) is 0 Å². The number of aliphatic hydroxyl groups is 1. The van der Waals surface area contributed by atoms with E-state index < -0.39 is 0 Å². The van der Waals surface area contributed by atoms with Gasteiger partial charge in [-0.3, -0.25) is 4.79 Å². The average molecular weight is 272 g/mol. The number of carbonyl (C=O) groups excluding carboxylic acids is 1. The van der Waals surface area contributed by atoms with Crippen LogP contribution in [0.5, 0.6) is 5.75 Å². The Hall–Kier alpha value is -1.26. The van der Waals surface area contributed by atoms with Crippen molar-refractivity contribution in [2.45, 2.75) is 19.9 Å². The molecule has 2 N–H and O–H groups in total. The number of benzene rings is 1. The molecule has 100 valence electrons. The lowest BCUT2D eigenvalue weighted by molar-refractivity contribution is 0.0894. The van der Waals surface area contributed by atoms with Gasteiger partial charge in [0, 0.05) is 5.02 Å². The Morgan fingerprint density at radius 1 is 1.50 bits per heavy atom. The summed E-state index contributed by atoms with van der Waals surface area (Å²) in [4.78, 5) is 12.1. The third kappa shape index (κ3) is 3.62. The Bertz CT molecular complexity index is 421. The molecule has 4 nitrogen and oxygen atoms in total. The number of methoxy groups -OCH3 is 1. The summed E-state index contributed by atoms with van der Waals surface area (Å²) in [5.41, 5.74) is 0.365. The molecule has 0 saturated heterocycles. The summed E-state index contributed by atoms with van der Waals surface area (Å²) in [6.45, 7) is 3.75. The lowest BCUT2D eigenvalue weighted by Gasteiger charge is -2.20. The molecule has 1 rings (SSSR count). The van der Waals surface area contributed by atoms with Crippen LogP contribution in [0.15, 0.2) is 18.2 Å². The van der Waals surface area contributed by atoms with Crippen molar-refractivity contribution >= 4 is 17.5 Å². The summed E-state index contributed by atoms with van der Waals surface area (Å²) in [6, 6.07) is 4.55. The van der Waals surface area contributed by atoms with Gasteiger partial charge in [-0.05, 0) is 24.1 Å². The van der Waals surface area contributed by atoms with Crippen molar-refractivity contribution in [2.75, 3.05) is 13.7 Å². The van der Waals surface area contributed by atoms with Crippen LogP contribution in [0.1, 0.15) is 24.2 Å². The maximum absolute atomic E-state index is 12.1. The van der Waals surface area contributed by atoms with E-state index in [1.807, 2.05) is 13.8 Å². The zero-order chi connectivity index (χ0) is 13.7. The standard InChI is InChI=1S/C13H18ClNO3/c1-8(2)11(7-16)15-13(17)10-6-9(14)4-5-12(10)18-3/h4-6,8,11,16H,7H2,1-3H3,(H,15,17). The number of carbonyl (C=O) groups is 1. The molecule has 0 radical (unpaired) electrons. The minimum atomic E-state index is -0.304. The molecule has 1 unspecified atom stereocenters. The van der Waals surface area contributed by atoms with Gasteiger partial charge in [0.1, 0.15) is 5.75 Å². The monoisotopic (exact) mass is 271 g/mol. The van der Waals surface area contributed by atoms with Gasteiger partial charge < -0.3 is 15.2 Å². The van der Waals surface area contributed by atoms with E-state index in [4.69, 9.17) is 16.3 Å². The first-order valence-corrected chi connectivity index (χ1v) is 6.12. The SMILES string of the molecule is COc1ccc(Cl)cc1C(=O)NC(CO)C(C)C. The second-order valence-corrected chi connectivity index (χ2v) is 4.79. The molecule has 0 aliphatic heterocycles. The number of ether oxygens (including phenoxy) is 1. The fourth-order valence-electron chi connectivity index (χ4n) is 1.53. The van der Waals surface area contributed by atoms with Crippen LogP contribution in [0.2, 0.25) is 5.02 Å². The van der Waals surface area contributed by atoms with Crippen LogP contribution in [0.25, 0.3) is 0 Å². The zero-order valence-electron chi connectivity index (χ0n) is 10.7. The van der Waals surface area contributed by atoms with Gasteiger partial charge in [0.15, 0.2) is 0 Å². The normalized spacial score (nSPS) is 12.3. The van der Waals surface area contributed by atoms with Crippen LogP contribution in [-0.2, 0) is 0 Å². The van der Waals surface area contributed by atoms with E-state index in [1.165, 1.54) is 7.11 Å². The zero-order valence-corrected chi connectivity index (χ0v) is 11.5. The third-order valence-corrected chi connectivity index (χ3v) is 2.96. The van der Waals surface area contributed by atoms with Crippen LogP contribution >= 0.6 is 11.6 Å². The number of hydrogen-bond donors (Lipinski definition) is 2. The number of aliphatic hydroxyl groups excluding tert-OH is 1. The Balaban J connectivity index is 2.92. The second-order valence-electron chi connectivity index (χ2n) is 4.35. The van der Waals surface area contributed by atoms with Crippen LogP contribution in [-0.4, -0.2) is 30.8 Å². The van der Waals surface area contributed by atoms with Crippen molar-refractivity contribution in [1.82, 2.24) is 5.32 Å². The van der Waals surface area contributed by atoms with E-state index in [-0.39, 0.29) is 24.5 Å². The number of halogens is 1. The summed E-state index contributed by atoms with van der Waals surface area (Å²) < 4.78 is 5.12. The van der Waals surface area contributed by atoms with E-state index in [9.17, 15) is 9.90 Å². The molecule has 1 atom stereocenters. The highest BCUT2D eigenvalue weighted by Gasteiger charge is 2.19. The highest BCUT2D eigenvalue weighted by Crippen LogP contribution is 2.22. The second kappa shape index (κ2) is 6.61. The van der Waals surface area contributed by atoms with Crippen molar-refractivity contribution in [3.05, 3.63) is 28.8 Å². The lowest BCUT2D eigenvalue weighted by atomic mass is 10.0. The molecule has 1 amide bonds. The van der Waals surface area contributed by atoms with Gasteiger partial charge in [-0.25, -0.2) is 0 Å². The van der Waals surface area contributed by atoms with Crippen molar-refractivity contribution in [1.29, 1.82) is 0 Å². The number of rotatable bonds is 5. The Labute approximate surface area is 112 Å². The molecule has 1 aromatic carbocycles. The molecule has 18 heavy (non-hydrogen) atoms. The molecule has 0 fully saturated rings. The topological polar surface area (TPSA) is 58.6 Å². The van der Waals surface area contributed by atoms with Crippen molar-refractivity contribution in [3.63, 3.8) is 0 Å². The van der Waals surface area contributed by atoms with Crippen molar-refractivity contribution < 1.29 is 14.6 Å². The van der Waals surface area contributed by atoms with E-state index in [0.29, 0.717) is 16.3 Å². The van der Waals surface area contributed by atoms with Gasteiger partial charge in [-0.15, -0.1) is 0 Å². The molecular formula is C13H18ClNO3. The van der Waals surface area contributed by atoms with Gasteiger partial charge in [-0.2, -0.15) is 0 Å². The minimum Gasteiger partial charge on any atom is -0.496 e. The maximum atomic E-state index is 12.1. The van der Waals surface area contributed by atoms with E-state index in [0.717, 1.165) is 0 Å². The van der Waals surface area contributed by atoms with Gasteiger partial charge in [-0.1, -0.05) is 25.4 Å². The van der Waals surface area contributed by atoms with Crippen LogP contribution < -0.4 is 10.1 Å². The smallest absolute Gasteiger partial charge is 0.255 e. The van der Waals surface area contributed by atoms with E-state index in [2.05, 4.69) is 5.32 Å². The molecule has 0 spiro atoms. The quantitative estimate of drug-likeness (QED) is 0.862. The van der Waals surface area contributed by atoms with Gasteiger partial charge in [0.25, 0.3) is 5.91 Å². The molecule has 0 bridgehead atoms. The molecule has 0 aromatic heterocycles. The Morgan fingerprint density at radius 2 is 2.17 bits per heavy atom. The summed E-state index contributed by atoms with van der Waals surface area (Å²) in [5.74, 6) is 0.295. The van der Waals surface area contributed by atoms with E-state index >= 15 is 0 Å². The minimum absolute atomic E-state index is 0.105. The predicted octanol–water partition coefficient (Wildman–Crippen LogP) is 2.10. The molecule has 0 aliphatic carbocycles. The van der Waals surface area contributed by atoms with Crippen molar-refractivity contribution in [3.8, 4) is 5.75 Å². The summed E-state index contributed by atoms with van der Waals surface area (Å²) in [6.07, 6.45) is 0. The van der Waals surface area contributed by atoms with Crippen LogP contribution in [0, 0.1) is 5.92 Å². The maximum Gasteiger partial charge on any atom is 0.255 e. The summed E-state index contributed by atoms with van der Waals surface area (Å²) >= 11 is 5.87. The molecule has 5 heteroatoms. The first-order chi connectivity index (χ1) is 8.49. The van der Waals surface area contributed by atoms with Gasteiger partial charge in [0.2, 0.25) is 0 Å². The highest BCUT2D eigenvalue weighted by molar-refractivity contribution is 6.31. The Kier molecular flexibility index (Phi) is 5.44. The first-order valence-electron chi connectivity index (χ1n) is 5.74. The Morgan fingerprint density at radius 3 is 2.67 bits per heavy atom. The molecule has 0 aliphatic rings. The summed E-state index contributed by atoms with van der Waals surface area (Å²) in [7, 11) is 1.49. The number of amides is 1. The molecule has 1 aromatic rings. The predicted molar refractivity (Wildman–Crippen MR) is 71.2 cm³/mol. The number of hydrogen-bond acceptors (Lipinski definition) is 3. The number of nitrogens with one attached hydrogen (secondary N) is 1. The fraction of sp³-hybridized carbons (Fsp3) is 0.462. The third-order valence-electron chi connectivity index (χ3n) is 2.72. The molecular weight excluding hydrogens is 254 g/mol. The largest absolute Gasteiger partial charge is 0.496 e. The van der Waals surface area contributed by atoms with Crippen molar-refractivity contribution in [2.24, 2.45) is 5.92 Å². The molecule has 0 saturated carbocycles. The molecule has 0 heterocycles. The average Bonchev–Trinajstić information content (AvgIpc) is 2.35. The van der Waals surface area contributed by atoms with Gasteiger partial charge >= 0.3 is 0 Å².